The average Bonchev–Trinajstić information content (AvgIpc) is 3.23. The van der Waals surface area contributed by atoms with Crippen LogP contribution in [0.3, 0.4) is 0 Å². The van der Waals surface area contributed by atoms with Crippen LogP contribution in [0.5, 0.6) is 5.75 Å². The standard InChI is InChI=1S/C23H31N5O3/c1-3-7-22(29)27-13-6-5-8-21(27)23(30)26-14-18(15-26)28-16-20(24-25-28)17-9-11-19(12-10-17)31-4-2/h9-12,16,18,21H,3-8,13-15H2,1-2H3/t21-/m1/s1. The Balaban J connectivity index is 1.35. The van der Waals surface area contributed by atoms with E-state index in [1.807, 2.05) is 58.8 Å². The van der Waals surface area contributed by atoms with Gasteiger partial charge in [0.05, 0.1) is 18.8 Å². The monoisotopic (exact) mass is 425 g/mol. The lowest BCUT2D eigenvalue weighted by Gasteiger charge is -2.44. The summed E-state index contributed by atoms with van der Waals surface area (Å²) in [6, 6.07) is 7.62. The highest BCUT2D eigenvalue weighted by atomic mass is 16.5. The van der Waals surface area contributed by atoms with Crippen LogP contribution in [0.25, 0.3) is 11.3 Å². The molecule has 1 aromatic carbocycles. The first-order valence-corrected chi connectivity index (χ1v) is 11.3. The number of hydrogen-bond donors (Lipinski definition) is 0. The number of nitrogens with zero attached hydrogens (tertiary/aromatic N) is 5. The lowest BCUT2D eigenvalue weighted by Crippen LogP contribution is -2.59. The molecule has 2 aromatic rings. The first-order valence-electron chi connectivity index (χ1n) is 11.3. The Kier molecular flexibility index (Phi) is 6.53. The molecule has 0 aliphatic carbocycles. The lowest BCUT2D eigenvalue weighted by molar-refractivity contribution is -0.151. The molecule has 2 saturated heterocycles. The van der Waals surface area contributed by atoms with Crippen molar-refractivity contribution in [3.63, 3.8) is 0 Å². The second kappa shape index (κ2) is 9.49. The zero-order valence-electron chi connectivity index (χ0n) is 18.4. The number of carbonyl (C=O) groups excluding carboxylic acids is 2. The fraction of sp³-hybridized carbons (Fsp3) is 0.565. The number of rotatable bonds is 7. The van der Waals surface area contributed by atoms with Gasteiger partial charge in [0.25, 0.3) is 0 Å². The summed E-state index contributed by atoms with van der Waals surface area (Å²) in [5.74, 6) is 1.02. The Morgan fingerprint density at radius 1 is 1.13 bits per heavy atom. The molecular formula is C23H31N5O3. The molecule has 1 aromatic heterocycles. The summed E-state index contributed by atoms with van der Waals surface area (Å²) in [6.45, 7) is 6.51. The number of likely N-dealkylation sites (tertiary alicyclic amines) is 2. The topological polar surface area (TPSA) is 80.6 Å². The van der Waals surface area contributed by atoms with Crippen molar-refractivity contribution in [2.45, 2.75) is 58.0 Å². The Morgan fingerprint density at radius 3 is 2.61 bits per heavy atom. The molecule has 8 nitrogen and oxygen atoms in total. The summed E-state index contributed by atoms with van der Waals surface area (Å²) in [7, 11) is 0. The number of amides is 2. The maximum atomic E-state index is 13.1. The van der Waals surface area contributed by atoms with E-state index in [-0.39, 0.29) is 23.9 Å². The van der Waals surface area contributed by atoms with Crippen molar-refractivity contribution < 1.29 is 14.3 Å². The molecule has 1 atom stereocenters. The molecule has 2 fully saturated rings. The van der Waals surface area contributed by atoms with Crippen molar-refractivity contribution in [1.29, 1.82) is 0 Å². The van der Waals surface area contributed by atoms with Crippen LogP contribution in [0.2, 0.25) is 0 Å². The molecule has 31 heavy (non-hydrogen) atoms. The van der Waals surface area contributed by atoms with Crippen molar-refractivity contribution in [2.24, 2.45) is 0 Å². The number of benzene rings is 1. The number of ether oxygens (including phenoxy) is 1. The van der Waals surface area contributed by atoms with Gasteiger partial charge in [-0.1, -0.05) is 12.1 Å². The van der Waals surface area contributed by atoms with Gasteiger partial charge in [-0.15, -0.1) is 5.10 Å². The van der Waals surface area contributed by atoms with Crippen LogP contribution >= 0.6 is 0 Å². The molecule has 166 valence electrons. The Morgan fingerprint density at radius 2 is 1.90 bits per heavy atom. The van der Waals surface area contributed by atoms with E-state index >= 15 is 0 Å². The van der Waals surface area contributed by atoms with Gasteiger partial charge in [-0.3, -0.25) is 9.59 Å². The Hall–Kier alpha value is -2.90. The minimum atomic E-state index is -0.302. The molecule has 0 radical (unpaired) electrons. The number of hydrogen-bond acceptors (Lipinski definition) is 5. The quantitative estimate of drug-likeness (QED) is 0.681. The molecule has 4 rings (SSSR count). The van der Waals surface area contributed by atoms with Gasteiger partial charge in [-0.25, -0.2) is 4.68 Å². The SMILES string of the molecule is CCCC(=O)N1CCCC[C@@H]1C(=O)N1CC(n2cc(-c3ccc(OCC)cc3)nn2)C1. The second-order valence-corrected chi connectivity index (χ2v) is 8.29. The molecular weight excluding hydrogens is 394 g/mol. The summed E-state index contributed by atoms with van der Waals surface area (Å²) >= 11 is 0. The van der Waals surface area contributed by atoms with E-state index in [0.29, 0.717) is 32.7 Å². The lowest BCUT2D eigenvalue weighted by atomic mass is 9.98. The van der Waals surface area contributed by atoms with Crippen LogP contribution in [-0.2, 0) is 9.59 Å². The van der Waals surface area contributed by atoms with Gasteiger partial charge in [-0.05, 0) is 56.9 Å². The van der Waals surface area contributed by atoms with Gasteiger partial charge in [0.2, 0.25) is 11.8 Å². The number of carbonyl (C=O) groups is 2. The first-order chi connectivity index (χ1) is 15.1. The summed E-state index contributed by atoms with van der Waals surface area (Å²) in [5.41, 5.74) is 1.78. The van der Waals surface area contributed by atoms with Gasteiger partial charge < -0.3 is 14.5 Å². The molecule has 0 unspecified atom stereocenters. The molecule has 0 bridgehead atoms. The average molecular weight is 426 g/mol. The van der Waals surface area contributed by atoms with Crippen LogP contribution in [0.15, 0.2) is 30.5 Å². The van der Waals surface area contributed by atoms with E-state index < -0.39 is 0 Å². The van der Waals surface area contributed by atoms with Gasteiger partial charge in [0, 0.05) is 31.6 Å². The number of piperidine rings is 1. The van der Waals surface area contributed by atoms with Crippen LogP contribution < -0.4 is 4.74 Å². The smallest absolute Gasteiger partial charge is 0.245 e. The van der Waals surface area contributed by atoms with Crippen molar-refractivity contribution >= 4 is 11.8 Å². The van der Waals surface area contributed by atoms with Crippen molar-refractivity contribution in [1.82, 2.24) is 24.8 Å². The molecule has 3 heterocycles. The predicted octanol–water partition coefficient (Wildman–Crippen LogP) is 2.91. The number of aromatic nitrogens is 3. The molecule has 2 amide bonds. The van der Waals surface area contributed by atoms with Gasteiger partial charge >= 0.3 is 0 Å². The maximum Gasteiger partial charge on any atom is 0.245 e. The van der Waals surface area contributed by atoms with Gasteiger partial charge in [-0.2, -0.15) is 0 Å². The van der Waals surface area contributed by atoms with Crippen LogP contribution in [0.4, 0.5) is 0 Å². The van der Waals surface area contributed by atoms with Crippen molar-refractivity contribution in [3.05, 3.63) is 30.5 Å². The zero-order chi connectivity index (χ0) is 21.8. The van der Waals surface area contributed by atoms with E-state index in [4.69, 9.17) is 4.74 Å². The molecule has 0 spiro atoms. The summed E-state index contributed by atoms with van der Waals surface area (Å²) in [4.78, 5) is 29.2. The highest BCUT2D eigenvalue weighted by Gasteiger charge is 2.40. The summed E-state index contributed by atoms with van der Waals surface area (Å²) in [6.07, 6.45) is 6.00. The van der Waals surface area contributed by atoms with E-state index in [0.717, 1.165) is 42.7 Å². The van der Waals surface area contributed by atoms with Gasteiger partial charge in [0.1, 0.15) is 17.5 Å². The molecule has 0 saturated carbocycles. The minimum absolute atomic E-state index is 0.0762. The predicted molar refractivity (Wildman–Crippen MR) is 117 cm³/mol. The van der Waals surface area contributed by atoms with Crippen LogP contribution in [0, 0.1) is 0 Å². The van der Waals surface area contributed by atoms with Crippen LogP contribution in [-0.4, -0.2) is 68.9 Å². The van der Waals surface area contributed by atoms with E-state index in [1.54, 1.807) is 0 Å². The summed E-state index contributed by atoms with van der Waals surface area (Å²) < 4.78 is 7.33. The minimum Gasteiger partial charge on any atom is -0.494 e. The second-order valence-electron chi connectivity index (χ2n) is 8.29. The molecule has 8 heteroatoms. The Labute approximate surface area is 183 Å². The highest BCUT2D eigenvalue weighted by molar-refractivity contribution is 5.88. The van der Waals surface area contributed by atoms with Gasteiger partial charge in [0.15, 0.2) is 0 Å². The third kappa shape index (κ3) is 4.57. The Bertz CT molecular complexity index is 904. The fourth-order valence-electron chi connectivity index (χ4n) is 4.33. The van der Waals surface area contributed by atoms with Crippen molar-refractivity contribution in [2.75, 3.05) is 26.2 Å². The first kappa shape index (κ1) is 21.3. The van der Waals surface area contributed by atoms with E-state index in [2.05, 4.69) is 10.3 Å². The zero-order valence-corrected chi connectivity index (χ0v) is 18.4. The summed E-state index contributed by atoms with van der Waals surface area (Å²) in [5, 5.41) is 8.58. The maximum absolute atomic E-state index is 13.1. The third-order valence-corrected chi connectivity index (χ3v) is 6.09. The van der Waals surface area contributed by atoms with Crippen LogP contribution in [0.1, 0.15) is 52.0 Å². The normalized spacial score (nSPS) is 19.2. The fourth-order valence-corrected chi connectivity index (χ4v) is 4.33. The van der Waals surface area contributed by atoms with E-state index in [1.165, 1.54) is 0 Å². The van der Waals surface area contributed by atoms with E-state index in [9.17, 15) is 9.59 Å². The largest absolute Gasteiger partial charge is 0.494 e. The molecule has 2 aliphatic rings. The molecule has 0 N–H and O–H groups in total. The van der Waals surface area contributed by atoms with Crippen molar-refractivity contribution in [3.8, 4) is 17.0 Å². The molecule has 2 aliphatic heterocycles. The highest BCUT2D eigenvalue weighted by Crippen LogP contribution is 2.28. The third-order valence-electron chi connectivity index (χ3n) is 6.09.